The Balaban J connectivity index is 2.07. The Kier molecular flexibility index (Phi) is 6.52. The second-order valence-corrected chi connectivity index (χ2v) is 8.05. The van der Waals surface area contributed by atoms with Crippen LogP contribution in [-0.2, 0) is 7.05 Å². The lowest BCUT2D eigenvalue weighted by atomic mass is 10.1. The Labute approximate surface area is 183 Å². The topological polar surface area (TPSA) is 55.2 Å². The van der Waals surface area contributed by atoms with Gasteiger partial charge < -0.3 is 4.90 Å². The van der Waals surface area contributed by atoms with Crippen LogP contribution in [0.2, 0.25) is 15.1 Å². The molecule has 29 heavy (non-hydrogen) atoms. The molecular weight excluding hydrogens is 433 g/mol. The Hall–Kier alpha value is -2.08. The third kappa shape index (κ3) is 4.27. The Morgan fingerprint density at radius 1 is 1.14 bits per heavy atom. The lowest BCUT2D eigenvalue weighted by Crippen LogP contribution is -2.37. The Bertz CT molecular complexity index is 1140. The number of nitrogens with zero attached hydrogens (tertiary/aromatic N) is 3. The number of fused-ring (bicyclic) bond motifs is 1. The van der Waals surface area contributed by atoms with Crippen molar-refractivity contribution in [3.63, 3.8) is 0 Å². The highest BCUT2D eigenvalue weighted by molar-refractivity contribution is 6.42. The van der Waals surface area contributed by atoms with E-state index in [1.54, 1.807) is 48.3 Å². The van der Waals surface area contributed by atoms with E-state index in [0.717, 1.165) is 6.42 Å². The molecule has 0 saturated heterocycles. The van der Waals surface area contributed by atoms with E-state index in [4.69, 9.17) is 34.8 Å². The van der Waals surface area contributed by atoms with Crippen LogP contribution in [0.3, 0.4) is 0 Å². The Morgan fingerprint density at radius 2 is 1.86 bits per heavy atom. The van der Waals surface area contributed by atoms with Crippen molar-refractivity contribution in [3.05, 3.63) is 73.2 Å². The summed E-state index contributed by atoms with van der Waals surface area (Å²) in [5.74, 6) is 0.287. The molecule has 8 heteroatoms. The monoisotopic (exact) mass is 451 g/mol. The summed E-state index contributed by atoms with van der Waals surface area (Å²) >= 11 is 18.1. The highest BCUT2D eigenvalue weighted by atomic mass is 35.5. The molecule has 0 saturated carbocycles. The van der Waals surface area contributed by atoms with Gasteiger partial charge in [0.15, 0.2) is 0 Å². The minimum Gasteiger partial charge on any atom is -0.329 e. The summed E-state index contributed by atoms with van der Waals surface area (Å²) < 4.78 is 1.47. The molecule has 0 aliphatic carbocycles. The lowest BCUT2D eigenvalue weighted by Gasteiger charge is -2.30. The summed E-state index contributed by atoms with van der Waals surface area (Å²) in [6, 6.07) is 9.35. The number of rotatable bonds is 5. The van der Waals surface area contributed by atoms with E-state index in [9.17, 15) is 9.59 Å². The fraction of sp³-hybridized carbons (Fsp3) is 0.286. The maximum absolute atomic E-state index is 13.2. The van der Waals surface area contributed by atoms with Gasteiger partial charge in [-0.2, -0.15) is 0 Å². The van der Waals surface area contributed by atoms with E-state index in [1.165, 1.54) is 4.57 Å². The molecule has 0 fully saturated rings. The van der Waals surface area contributed by atoms with Crippen molar-refractivity contribution in [2.24, 2.45) is 7.05 Å². The van der Waals surface area contributed by atoms with Crippen LogP contribution in [0.25, 0.3) is 10.9 Å². The van der Waals surface area contributed by atoms with E-state index in [2.05, 4.69) is 4.98 Å². The van der Waals surface area contributed by atoms with E-state index in [-0.39, 0.29) is 11.5 Å². The minimum absolute atomic E-state index is 0.205. The second kappa shape index (κ2) is 8.74. The van der Waals surface area contributed by atoms with E-state index in [0.29, 0.717) is 43.9 Å². The van der Waals surface area contributed by atoms with Gasteiger partial charge in [-0.05, 0) is 49.7 Å². The maximum atomic E-state index is 13.2. The lowest BCUT2D eigenvalue weighted by molar-refractivity contribution is 0.0680. The first-order chi connectivity index (χ1) is 13.7. The zero-order valence-electron chi connectivity index (χ0n) is 16.2. The molecule has 0 N–H and O–H groups in total. The molecule has 3 rings (SSSR count). The molecule has 0 bridgehead atoms. The van der Waals surface area contributed by atoms with Crippen LogP contribution in [0.1, 0.15) is 42.5 Å². The van der Waals surface area contributed by atoms with Crippen molar-refractivity contribution < 1.29 is 4.79 Å². The van der Waals surface area contributed by atoms with Crippen LogP contribution in [0.4, 0.5) is 0 Å². The molecule has 5 nitrogen and oxygen atoms in total. The number of halogens is 3. The summed E-state index contributed by atoms with van der Waals surface area (Å²) in [7, 11) is 1.65. The predicted molar refractivity (Wildman–Crippen MR) is 118 cm³/mol. The molecule has 0 radical (unpaired) electrons. The minimum atomic E-state index is -0.435. The molecule has 0 spiro atoms. The first-order valence-electron chi connectivity index (χ1n) is 9.16. The first kappa shape index (κ1) is 21.6. The van der Waals surface area contributed by atoms with Crippen molar-refractivity contribution in [2.75, 3.05) is 6.54 Å². The van der Waals surface area contributed by atoms with Gasteiger partial charge in [0, 0.05) is 24.2 Å². The van der Waals surface area contributed by atoms with Gasteiger partial charge in [-0.25, -0.2) is 4.98 Å². The van der Waals surface area contributed by atoms with Crippen LogP contribution >= 0.6 is 34.8 Å². The number of hydrogen-bond donors (Lipinski definition) is 0. The molecule has 1 amide bonds. The molecule has 0 aliphatic heterocycles. The van der Waals surface area contributed by atoms with E-state index >= 15 is 0 Å². The number of carbonyl (C=O) groups excluding carboxylic acids is 1. The van der Waals surface area contributed by atoms with Crippen molar-refractivity contribution in [1.82, 2.24) is 14.5 Å². The van der Waals surface area contributed by atoms with E-state index < -0.39 is 6.04 Å². The summed E-state index contributed by atoms with van der Waals surface area (Å²) in [6.07, 6.45) is 0.745. The van der Waals surface area contributed by atoms with Crippen LogP contribution in [0.5, 0.6) is 0 Å². The summed E-state index contributed by atoms with van der Waals surface area (Å²) in [5, 5.41) is 1.61. The summed E-state index contributed by atoms with van der Waals surface area (Å²) in [4.78, 5) is 32.4. The van der Waals surface area contributed by atoms with Crippen LogP contribution in [0, 0.1) is 0 Å². The van der Waals surface area contributed by atoms with Crippen molar-refractivity contribution in [1.29, 1.82) is 0 Å². The number of amides is 1. The normalized spacial score (nSPS) is 12.2. The highest BCUT2D eigenvalue weighted by Gasteiger charge is 2.26. The largest absolute Gasteiger partial charge is 0.329 e. The molecule has 1 aromatic heterocycles. The van der Waals surface area contributed by atoms with Gasteiger partial charge in [-0.1, -0.05) is 41.7 Å². The second-order valence-electron chi connectivity index (χ2n) is 6.80. The number of aromatic nitrogens is 2. The fourth-order valence-corrected chi connectivity index (χ4v) is 3.75. The smallest absolute Gasteiger partial charge is 0.261 e. The number of hydrogen-bond acceptors (Lipinski definition) is 3. The molecule has 1 unspecified atom stereocenters. The predicted octanol–water partition coefficient (Wildman–Crippen LogP) is 5.51. The zero-order valence-corrected chi connectivity index (χ0v) is 18.5. The quantitative estimate of drug-likeness (QED) is 0.513. The van der Waals surface area contributed by atoms with Crippen LogP contribution in [-0.4, -0.2) is 26.9 Å². The summed E-state index contributed by atoms with van der Waals surface area (Å²) in [5.41, 5.74) is 0.757. The average Bonchev–Trinajstić information content (AvgIpc) is 2.70. The van der Waals surface area contributed by atoms with E-state index in [1.807, 2.05) is 13.8 Å². The fourth-order valence-electron chi connectivity index (χ4n) is 3.28. The number of benzene rings is 2. The third-order valence-corrected chi connectivity index (χ3v) is 5.78. The molecule has 1 heterocycles. The third-order valence-electron chi connectivity index (χ3n) is 4.81. The van der Waals surface area contributed by atoms with Crippen molar-refractivity contribution in [3.8, 4) is 0 Å². The standard InChI is InChI=1S/C21H20Cl3N3O2/c1-4-9-27(20(28)13-5-7-16(23)17(24)10-13)12(2)19-25-18-8-6-14(22)11-15(18)21(29)26(19)3/h5-8,10-12H,4,9H2,1-3H3. The van der Waals surface area contributed by atoms with Crippen LogP contribution in [0.15, 0.2) is 41.2 Å². The van der Waals surface area contributed by atoms with Crippen LogP contribution < -0.4 is 5.56 Å². The maximum Gasteiger partial charge on any atom is 0.261 e. The summed E-state index contributed by atoms with van der Waals surface area (Å²) in [6.45, 7) is 4.33. The van der Waals surface area contributed by atoms with Gasteiger partial charge in [0.05, 0.1) is 27.0 Å². The molecular formula is C21H20Cl3N3O2. The molecule has 2 aromatic carbocycles. The highest BCUT2D eigenvalue weighted by Crippen LogP contribution is 2.26. The Morgan fingerprint density at radius 3 is 2.52 bits per heavy atom. The van der Waals surface area contributed by atoms with Gasteiger partial charge in [-0.3, -0.25) is 14.2 Å². The first-order valence-corrected chi connectivity index (χ1v) is 10.3. The van der Waals surface area contributed by atoms with Gasteiger partial charge >= 0.3 is 0 Å². The number of carbonyl (C=O) groups is 1. The van der Waals surface area contributed by atoms with Gasteiger partial charge in [0.1, 0.15) is 5.82 Å². The average molecular weight is 453 g/mol. The molecule has 3 aromatic rings. The van der Waals surface area contributed by atoms with Crippen molar-refractivity contribution >= 4 is 51.6 Å². The molecule has 152 valence electrons. The van der Waals surface area contributed by atoms with Gasteiger partial charge in [-0.15, -0.1) is 0 Å². The molecule has 0 aliphatic rings. The van der Waals surface area contributed by atoms with Gasteiger partial charge in [0.25, 0.3) is 11.5 Å². The zero-order chi connectivity index (χ0) is 21.3. The SMILES string of the molecule is CCCN(C(=O)c1ccc(Cl)c(Cl)c1)C(C)c1nc2ccc(Cl)cc2c(=O)n1C. The molecule has 1 atom stereocenters. The van der Waals surface area contributed by atoms with Gasteiger partial charge in [0.2, 0.25) is 0 Å². The van der Waals surface area contributed by atoms with Crippen molar-refractivity contribution in [2.45, 2.75) is 26.3 Å².